The zero-order valence-corrected chi connectivity index (χ0v) is 27.4. The topological polar surface area (TPSA) is 105 Å². The number of carbonyl (C=O) groups is 1. The van der Waals surface area contributed by atoms with Crippen LogP contribution in [0.2, 0.25) is 0 Å². The number of alkyl halides is 1. The zero-order valence-electron chi connectivity index (χ0n) is 26.6. The van der Waals surface area contributed by atoms with Gasteiger partial charge in [-0.1, -0.05) is 6.58 Å². The summed E-state index contributed by atoms with van der Waals surface area (Å²) in [6, 6.07) is 7.23. The van der Waals surface area contributed by atoms with E-state index in [4.69, 9.17) is 19.4 Å². The van der Waals surface area contributed by atoms with Crippen LogP contribution in [0.4, 0.5) is 13.2 Å². The third-order valence-corrected chi connectivity index (χ3v) is 9.20. The maximum atomic E-state index is 16.0. The first-order valence-electron chi connectivity index (χ1n) is 15.6. The quantitative estimate of drug-likeness (QED) is 0.104. The fraction of sp³-hybridized carbons (Fsp3) is 0.314. The molecule has 0 bridgehead atoms. The number of aromatic nitrogens is 4. The number of hydrogen-bond acceptors (Lipinski definition) is 8. The average Bonchev–Trinajstić information content (AvgIpc) is 3.78. The molecule has 5 heterocycles. The van der Waals surface area contributed by atoms with Crippen LogP contribution in [0.25, 0.3) is 43.9 Å². The molecule has 1 atom stereocenters. The molecule has 0 saturated carbocycles. The van der Waals surface area contributed by atoms with Crippen molar-refractivity contribution >= 4 is 27.3 Å². The molecule has 5 aromatic rings. The number of methoxy groups -OCH3 is 1. The Balaban J connectivity index is 1.55. The van der Waals surface area contributed by atoms with E-state index in [9.17, 15) is 13.6 Å². The van der Waals surface area contributed by atoms with Crippen LogP contribution in [0.5, 0.6) is 5.75 Å². The highest BCUT2D eigenvalue weighted by Gasteiger charge is 2.28. The molecular formula is C35H35F3N6O3S. The van der Waals surface area contributed by atoms with E-state index in [1.54, 1.807) is 19.2 Å². The van der Waals surface area contributed by atoms with Crippen molar-refractivity contribution in [1.29, 1.82) is 0 Å². The number of H-pyrrole nitrogens is 1. The third kappa shape index (κ3) is 6.84. The number of carbonyl (C=O) groups excluding carboxylic acids is 1. The lowest BCUT2D eigenvalue weighted by Crippen LogP contribution is -2.32. The number of benzene rings is 1. The van der Waals surface area contributed by atoms with Crippen LogP contribution in [-0.2, 0) is 22.5 Å². The number of nitrogens with zero attached hydrogens (tertiary/aromatic N) is 4. The molecule has 1 aromatic carbocycles. The molecule has 9 nitrogen and oxygen atoms in total. The van der Waals surface area contributed by atoms with Crippen molar-refractivity contribution in [1.82, 2.24) is 30.4 Å². The number of thiophene rings is 1. The molecule has 250 valence electrons. The summed E-state index contributed by atoms with van der Waals surface area (Å²) < 4.78 is 55.2. The van der Waals surface area contributed by atoms with E-state index in [-0.39, 0.29) is 37.1 Å². The number of rotatable bonds is 13. The second kappa shape index (κ2) is 14.7. The molecule has 6 rings (SSSR count). The highest BCUT2D eigenvalue weighted by molar-refractivity contribution is 7.18. The van der Waals surface area contributed by atoms with Gasteiger partial charge in [-0.15, -0.1) is 11.3 Å². The van der Waals surface area contributed by atoms with Gasteiger partial charge in [-0.2, -0.15) is 5.10 Å². The number of fused-ring (bicyclic) bond motifs is 2. The number of aromatic amines is 1. The minimum atomic E-state index is -0.820. The molecule has 1 unspecified atom stereocenters. The van der Waals surface area contributed by atoms with Crippen molar-refractivity contribution in [2.45, 2.75) is 32.4 Å². The van der Waals surface area contributed by atoms with E-state index in [1.807, 2.05) is 11.4 Å². The van der Waals surface area contributed by atoms with Crippen LogP contribution in [0, 0.1) is 11.6 Å². The fourth-order valence-corrected chi connectivity index (χ4v) is 6.87. The summed E-state index contributed by atoms with van der Waals surface area (Å²) in [6.45, 7) is 7.34. The summed E-state index contributed by atoms with van der Waals surface area (Å²) >= 11 is 1.39. The molecule has 1 amide bonds. The van der Waals surface area contributed by atoms with Crippen LogP contribution in [0.3, 0.4) is 0 Å². The van der Waals surface area contributed by atoms with Crippen molar-refractivity contribution in [3.63, 3.8) is 0 Å². The molecular weight excluding hydrogens is 641 g/mol. The lowest BCUT2D eigenvalue weighted by atomic mass is 9.95. The lowest BCUT2D eigenvalue weighted by molar-refractivity contribution is -0.117. The molecule has 0 spiro atoms. The van der Waals surface area contributed by atoms with Crippen LogP contribution in [-0.4, -0.2) is 71.1 Å². The number of amides is 1. The standard InChI is InChI=1S/C35H35F3N6O3S/c1-4-30(45)40-20(2)27-17-28(43-42-27)34-32(31-25(38)15-23(37)16-29(31)47-12-11-46-3)35-24(7-13-48-35)33(41-34)21-14-22-19-44(9-5-8-36)10-6-26(22)39-18-21/h4,7,13-18,20H,1,5-6,8-12,19H2,2-3H3,(H,40,45)(H,42,43). The van der Waals surface area contributed by atoms with Crippen LogP contribution < -0.4 is 10.1 Å². The van der Waals surface area contributed by atoms with Crippen LogP contribution >= 0.6 is 11.3 Å². The summed E-state index contributed by atoms with van der Waals surface area (Å²) in [4.78, 5) is 24.2. The predicted octanol–water partition coefficient (Wildman–Crippen LogP) is 6.80. The molecule has 1 aliphatic heterocycles. The Labute approximate surface area is 279 Å². The van der Waals surface area contributed by atoms with Gasteiger partial charge in [0.15, 0.2) is 0 Å². The van der Waals surface area contributed by atoms with Gasteiger partial charge in [0.1, 0.15) is 35.4 Å². The first-order valence-corrected chi connectivity index (χ1v) is 16.5. The minimum Gasteiger partial charge on any atom is -0.490 e. The van der Waals surface area contributed by atoms with E-state index >= 15 is 4.39 Å². The van der Waals surface area contributed by atoms with Crippen molar-refractivity contribution in [3.8, 4) is 39.5 Å². The van der Waals surface area contributed by atoms with E-state index in [1.165, 1.54) is 24.5 Å². The average molecular weight is 677 g/mol. The lowest BCUT2D eigenvalue weighted by Gasteiger charge is -2.28. The number of pyridine rings is 2. The largest absolute Gasteiger partial charge is 0.490 e. The maximum Gasteiger partial charge on any atom is 0.243 e. The summed E-state index contributed by atoms with van der Waals surface area (Å²) in [5.41, 5.74) is 5.13. The SMILES string of the molecule is C=CC(=O)NC(C)c1cc(-c2nc(-c3cnc4c(c3)CN(CCCF)CC4)c3ccsc3c2-c2c(F)cc(F)cc2OCCOC)n[nH]1. The Bertz CT molecular complexity index is 1960. The van der Waals surface area contributed by atoms with Gasteiger partial charge in [0.05, 0.1) is 36.3 Å². The number of ether oxygens (including phenoxy) is 2. The molecule has 2 N–H and O–H groups in total. The molecule has 13 heteroatoms. The van der Waals surface area contributed by atoms with Crippen molar-refractivity contribution in [3.05, 3.63) is 83.1 Å². The van der Waals surface area contributed by atoms with Gasteiger partial charge in [0, 0.05) is 78.4 Å². The number of halogens is 3. The van der Waals surface area contributed by atoms with Gasteiger partial charge in [0.2, 0.25) is 5.91 Å². The van der Waals surface area contributed by atoms with Gasteiger partial charge in [-0.25, -0.2) is 13.8 Å². The first-order chi connectivity index (χ1) is 23.3. The molecule has 4 aromatic heterocycles. The molecule has 48 heavy (non-hydrogen) atoms. The summed E-state index contributed by atoms with van der Waals surface area (Å²) in [5, 5.41) is 13.0. The normalized spacial score (nSPS) is 13.8. The summed E-state index contributed by atoms with van der Waals surface area (Å²) in [7, 11) is 1.51. The molecule has 0 saturated heterocycles. The minimum absolute atomic E-state index is 0.00115. The van der Waals surface area contributed by atoms with Gasteiger partial charge in [-0.3, -0.25) is 24.2 Å². The highest BCUT2D eigenvalue weighted by Crippen LogP contribution is 2.47. The van der Waals surface area contributed by atoms with Gasteiger partial charge in [0.25, 0.3) is 0 Å². The molecule has 1 aliphatic rings. The number of hydrogen-bond donors (Lipinski definition) is 2. The van der Waals surface area contributed by atoms with E-state index in [0.717, 1.165) is 47.3 Å². The van der Waals surface area contributed by atoms with Crippen LogP contribution in [0.15, 0.2) is 54.6 Å². The van der Waals surface area contributed by atoms with E-state index < -0.39 is 17.7 Å². The highest BCUT2D eigenvalue weighted by atomic mass is 32.1. The fourth-order valence-electron chi connectivity index (χ4n) is 5.92. The second-order valence-corrected chi connectivity index (χ2v) is 12.4. The molecule has 0 fully saturated rings. The van der Waals surface area contributed by atoms with Gasteiger partial charge in [-0.05, 0) is 48.6 Å². The van der Waals surface area contributed by atoms with E-state index in [0.29, 0.717) is 52.5 Å². The zero-order chi connectivity index (χ0) is 33.8. The maximum absolute atomic E-state index is 16.0. The Morgan fingerprint density at radius 2 is 2.06 bits per heavy atom. The van der Waals surface area contributed by atoms with Crippen molar-refractivity contribution in [2.75, 3.05) is 40.1 Å². The smallest absolute Gasteiger partial charge is 0.243 e. The predicted molar refractivity (Wildman–Crippen MR) is 179 cm³/mol. The Morgan fingerprint density at radius 3 is 2.85 bits per heavy atom. The second-order valence-electron chi connectivity index (χ2n) is 11.5. The Morgan fingerprint density at radius 1 is 1.21 bits per heavy atom. The van der Waals surface area contributed by atoms with Gasteiger partial charge < -0.3 is 14.8 Å². The summed E-state index contributed by atoms with van der Waals surface area (Å²) in [5.74, 6) is -1.96. The molecule has 0 radical (unpaired) electrons. The van der Waals surface area contributed by atoms with Gasteiger partial charge >= 0.3 is 0 Å². The first kappa shape index (κ1) is 33.3. The van der Waals surface area contributed by atoms with E-state index in [2.05, 4.69) is 33.1 Å². The Kier molecular flexibility index (Phi) is 10.2. The van der Waals surface area contributed by atoms with Crippen molar-refractivity contribution in [2.24, 2.45) is 0 Å². The third-order valence-electron chi connectivity index (χ3n) is 8.27. The van der Waals surface area contributed by atoms with Crippen LogP contribution in [0.1, 0.15) is 36.3 Å². The number of nitrogens with one attached hydrogen (secondary N) is 2. The Hall–Kier alpha value is -4.59. The molecule has 0 aliphatic carbocycles. The summed E-state index contributed by atoms with van der Waals surface area (Å²) in [6.07, 6.45) is 4.21. The van der Waals surface area contributed by atoms with Crippen molar-refractivity contribution < 1.29 is 27.4 Å². The monoisotopic (exact) mass is 676 g/mol.